The number of ether oxygens (including phenoxy) is 2. The van der Waals surface area contributed by atoms with E-state index in [0.717, 1.165) is 36.8 Å². The van der Waals surface area contributed by atoms with Crippen LogP contribution in [0.4, 0.5) is 0 Å². The van der Waals surface area contributed by atoms with Crippen LogP contribution in [-0.2, 0) is 11.3 Å². The maximum absolute atomic E-state index is 5.34. The summed E-state index contributed by atoms with van der Waals surface area (Å²) in [4.78, 5) is 5.40. The fourth-order valence-corrected chi connectivity index (χ4v) is 2.80. The van der Waals surface area contributed by atoms with E-state index in [2.05, 4.69) is 14.7 Å². The minimum atomic E-state index is 0.448. The first-order valence-corrected chi connectivity index (χ1v) is 6.56. The molecule has 1 unspecified atom stereocenters. The number of nitrogens with one attached hydrogen (secondary N) is 1. The Morgan fingerprint density at radius 1 is 1.71 bits per heavy atom. The van der Waals surface area contributed by atoms with Gasteiger partial charge in [0.2, 0.25) is 5.88 Å². The number of fused-ring (bicyclic) bond motifs is 1. The number of hydrogen-bond donors (Lipinski definition) is 1. The van der Waals surface area contributed by atoms with Crippen molar-refractivity contribution in [1.29, 1.82) is 0 Å². The SMILES string of the molecule is COc1nc2sccn2c1CNC1CCOC1. The molecule has 2 aromatic rings. The molecule has 0 aliphatic carbocycles. The van der Waals surface area contributed by atoms with E-state index in [-0.39, 0.29) is 0 Å². The Kier molecular flexibility index (Phi) is 3.00. The van der Waals surface area contributed by atoms with Crippen LogP contribution in [0.3, 0.4) is 0 Å². The zero-order chi connectivity index (χ0) is 11.7. The van der Waals surface area contributed by atoms with Crippen molar-refractivity contribution in [3.63, 3.8) is 0 Å². The second kappa shape index (κ2) is 4.64. The van der Waals surface area contributed by atoms with E-state index in [1.54, 1.807) is 18.4 Å². The van der Waals surface area contributed by atoms with Crippen LogP contribution in [0, 0.1) is 0 Å². The van der Waals surface area contributed by atoms with E-state index in [1.807, 2.05) is 11.6 Å². The molecule has 17 heavy (non-hydrogen) atoms. The third kappa shape index (κ3) is 2.03. The lowest BCUT2D eigenvalue weighted by Crippen LogP contribution is -2.29. The fraction of sp³-hybridized carbons (Fsp3) is 0.545. The van der Waals surface area contributed by atoms with Gasteiger partial charge in [0.1, 0.15) is 5.69 Å². The van der Waals surface area contributed by atoms with Crippen LogP contribution in [0.5, 0.6) is 5.88 Å². The standard InChI is InChI=1S/C11H15N3O2S/c1-15-10-9(6-12-8-2-4-16-7-8)14-3-5-17-11(14)13-10/h3,5,8,12H,2,4,6-7H2,1H3. The lowest BCUT2D eigenvalue weighted by molar-refractivity contribution is 0.189. The summed E-state index contributed by atoms with van der Waals surface area (Å²) in [5, 5.41) is 5.51. The molecule has 6 heteroatoms. The molecule has 5 nitrogen and oxygen atoms in total. The minimum absolute atomic E-state index is 0.448. The molecule has 1 fully saturated rings. The van der Waals surface area contributed by atoms with Crippen LogP contribution in [0.2, 0.25) is 0 Å². The predicted octanol–water partition coefficient (Wildman–Crippen LogP) is 1.28. The number of hydrogen-bond acceptors (Lipinski definition) is 5. The van der Waals surface area contributed by atoms with Gasteiger partial charge in [-0.15, -0.1) is 11.3 Å². The quantitative estimate of drug-likeness (QED) is 0.892. The highest BCUT2D eigenvalue weighted by Gasteiger charge is 2.18. The van der Waals surface area contributed by atoms with Crippen molar-refractivity contribution in [2.45, 2.75) is 19.0 Å². The van der Waals surface area contributed by atoms with Gasteiger partial charge in [0.05, 0.1) is 13.7 Å². The first-order valence-electron chi connectivity index (χ1n) is 5.68. The van der Waals surface area contributed by atoms with Gasteiger partial charge in [-0.05, 0) is 6.42 Å². The molecule has 3 rings (SSSR count). The molecule has 0 radical (unpaired) electrons. The smallest absolute Gasteiger partial charge is 0.237 e. The Morgan fingerprint density at radius 2 is 2.65 bits per heavy atom. The van der Waals surface area contributed by atoms with Crippen LogP contribution in [0.1, 0.15) is 12.1 Å². The lowest BCUT2D eigenvalue weighted by Gasteiger charge is -2.10. The second-order valence-corrected chi connectivity index (χ2v) is 4.94. The summed E-state index contributed by atoms with van der Waals surface area (Å²) in [6.07, 6.45) is 3.10. The molecular formula is C11H15N3O2S. The third-order valence-corrected chi connectivity index (χ3v) is 3.76. The van der Waals surface area contributed by atoms with Gasteiger partial charge in [-0.2, -0.15) is 4.98 Å². The largest absolute Gasteiger partial charge is 0.480 e. The number of aromatic nitrogens is 2. The van der Waals surface area contributed by atoms with E-state index in [1.165, 1.54) is 0 Å². The van der Waals surface area contributed by atoms with E-state index in [0.29, 0.717) is 11.9 Å². The molecule has 1 saturated heterocycles. The zero-order valence-corrected chi connectivity index (χ0v) is 10.5. The highest BCUT2D eigenvalue weighted by Crippen LogP contribution is 2.23. The van der Waals surface area contributed by atoms with E-state index < -0.39 is 0 Å². The van der Waals surface area contributed by atoms with Gasteiger partial charge in [0.25, 0.3) is 0 Å². The van der Waals surface area contributed by atoms with Crippen molar-refractivity contribution in [3.8, 4) is 5.88 Å². The van der Waals surface area contributed by atoms with Crippen molar-refractivity contribution < 1.29 is 9.47 Å². The van der Waals surface area contributed by atoms with Crippen molar-refractivity contribution in [3.05, 3.63) is 17.3 Å². The molecule has 92 valence electrons. The van der Waals surface area contributed by atoms with E-state index >= 15 is 0 Å². The van der Waals surface area contributed by atoms with Gasteiger partial charge in [-0.25, -0.2) is 0 Å². The maximum atomic E-state index is 5.34. The average Bonchev–Trinajstić information content (AvgIpc) is 3.03. The maximum Gasteiger partial charge on any atom is 0.237 e. The molecule has 0 spiro atoms. The zero-order valence-electron chi connectivity index (χ0n) is 9.68. The second-order valence-electron chi connectivity index (χ2n) is 4.06. The summed E-state index contributed by atoms with van der Waals surface area (Å²) in [6, 6.07) is 0.448. The Morgan fingerprint density at radius 3 is 3.41 bits per heavy atom. The lowest BCUT2D eigenvalue weighted by atomic mass is 10.2. The predicted molar refractivity (Wildman–Crippen MR) is 65.7 cm³/mol. The number of imidazole rings is 1. The van der Waals surface area contributed by atoms with Crippen LogP contribution in [0.25, 0.3) is 4.96 Å². The molecule has 0 bridgehead atoms. The van der Waals surface area contributed by atoms with Crippen LogP contribution in [-0.4, -0.2) is 35.8 Å². The average molecular weight is 253 g/mol. The summed E-state index contributed by atoms with van der Waals surface area (Å²) in [7, 11) is 1.66. The van der Waals surface area contributed by atoms with Crippen LogP contribution >= 0.6 is 11.3 Å². The van der Waals surface area contributed by atoms with Gasteiger partial charge in [0.15, 0.2) is 4.96 Å². The Labute approximate surface area is 103 Å². The van der Waals surface area contributed by atoms with Crippen LogP contribution in [0.15, 0.2) is 11.6 Å². The Balaban J connectivity index is 1.79. The van der Waals surface area contributed by atoms with Crippen molar-refractivity contribution in [1.82, 2.24) is 14.7 Å². The normalized spacial score (nSPS) is 20.2. The van der Waals surface area contributed by atoms with Gasteiger partial charge in [-0.1, -0.05) is 0 Å². The Bertz CT molecular complexity index is 502. The molecule has 0 aromatic carbocycles. The first kappa shape index (κ1) is 11.0. The molecule has 0 amide bonds. The van der Waals surface area contributed by atoms with Gasteiger partial charge in [0, 0.05) is 30.8 Å². The van der Waals surface area contributed by atoms with Gasteiger partial charge >= 0.3 is 0 Å². The van der Waals surface area contributed by atoms with E-state index in [9.17, 15) is 0 Å². The minimum Gasteiger partial charge on any atom is -0.480 e. The van der Waals surface area contributed by atoms with E-state index in [4.69, 9.17) is 9.47 Å². The summed E-state index contributed by atoms with van der Waals surface area (Å²) < 4.78 is 12.7. The highest BCUT2D eigenvalue weighted by atomic mass is 32.1. The molecular weight excluding hydrogens is 238 g/mol. The topological polar surface area (TPSA) is 47.8 Å². The summed E-state index contributed by atoms with van der Waals surface area (Å²) in [5.41, 5.74) is 1.08. The number of methoxy groups -OCH3 is 1. The van der Waals surface area contributed by atoms with Crippen molar-refractivity contribution in [2.75, 3.05) is 20.3 Å². The van der Waals surface area contributed by atoms with Gasteiger partial charge < -0.3 is 14.8 Å². The Hall–Kier alpha value is -1.11. The molecule has 1 atom stereocenters. The molecule has 1 aliphatic rings. The summed E-state index contributed by atoms with van der Waals surface area (Å²) >= 11 is 1.62. The number of nitrogens with zero attached hydrogens (tertiary/aromatic N) is 2. The molecule has 1 aliphatic heterocycles. The highest BCUT2D eigenvalue weighted by molar-refractivity contribution is 7.15. The fourth-order valence-electron chi connectivity index (χ4n) is 2.07. The summed E-state index contributed by atoms with van der Waals surface area (Å²) in [5.74, 6) is 0.711. The van der Waals surface area contributed by atoms with Crippen molar-refractivity contribution >= 4 is 16.3 Å². The molecule has 1 N–H and O–H groups in total. The van der Waals surface area contributed by atoms with Gasteiger partial charge in [-0.3, -0.25) is 4.40 Å². The molecule has 3 heterocycles. The number of thiazole rings is 1. The molecule has 2 aromatic heterocycles. The molecule has 0 saturated carbocycles. The number of rotatable bonds is 4. The third-order valence-electron chi connectivity index (χ3n) is 3.01. The van der Waals surface area contributed by atoms with Crippen LogP contribution < -0.4 is 10.1 Å². The van der Waals surface area contributed by atoms with Crippen molar-refractivity contribution in [2.24, 2.45) is 0 Å². The first-order chi connectivity index (χ1) is 8.38. The summed E-state index contributed by atoms with van der Waals surface area (Å²) in [6.45, 7) is 2.41. The monoisotopic (exact) mass is 253 g/mol.